The third-order valence-corrected chi connectivity index (χ3v) is 3.26. The minimum absolute atomic E-state index is 0.891. The van der Waals surface area contributed by atoms with Gasteiger partial charge < -0.3 is 0 Å². The van der Waals surface area contributed by atoms with Gasteiger partial charge in [0.2, 0.25) is 0 Å². The molecule has 0 aromatic heterocycles. The maximum Gasteiger partial charge on any atom is 0.0570 e. The highest BCUT2D eigenvalue weighted by atomic mass is 15.2. The molecule has 0 spiro atoms. The number of hydrogen-bond acceptors (Lipinski definition) is 2. The fourth-order valence-corrected chi connectivity index (χ4v) is 2.07. The molecule has 0 aliphatic rings. The highest BCUT2D eigenvalue weighted by Crippen LogP contribution is 2.08. The second kappa shape index (κ2) is 7.34. The molecular formula is C19H20N2. The summed E-state index contributed by atoms with van der Waals surface area (Å²) in [6.07, 6.45) is 6.34. The van der Waals surface area contributed by atoms with Crippen molar-refractivity contribution < 1.29 is 0 Å². The third-order valence-electron chi connectivity index (χ3n) is 3.26. The van der Waals surface area contributed by atoms with Crippen LogP contribution in [0.5, 0.6) is 0 Å². The first-order valence-electron chi connectivity index (χ1n) is 7.02. The van der Waals surface area contributed by atoms with E-state index in [4.69, 9.17) is 0 Å². The third kappa shape index (κ3) is 4.53. The molecular weight excluding hydrogens is 256 g/mol. The monoisotopic (exact) mass is 276 g/mol. The van der Waals surface area contributed by atoms with Crippen LogP contribution in [0.25, 0.3) is 0 Å². The Morgan fingerprint density at radius 2 is 1.67 bits per heavy atom. The summed E-state index contributed by atoms with van der Waals surface area (Å²) < 4.78 is 0. The van der Waals surface area contributed by atoms with Gasteiger partial charge in [0.05, 0.1) is 12.4 Å². The lowest BCUT2D eigenvalue weighted by Crippen LogP contribution is -1.87. The molecule has 0 aliphatic heterocycles. The topological polar surface area (TPSA) is 24.7 Å². The molecule has 0 unspecified atom stereocenters. The Kier molecular flexibility index (Phi) is 5.22. The second-order valence-corrected chi connectivity index (χ2v) is 5.08. The lowest BCUT2D eigenvalue weighted by atomic mass is 10.1. The van der Waals surface area contributed by atoms with Crippen LogP contribution in [0.2, 0.25) is 0 Å². The maximum atomic E-state index is 4.11. The zero-order valence-corrected chi connectivity index (χ0v) is 12.6. The average molecular weight is 276 g/mol. The van der Waals surface area contributed by atoms with Gasteiger partial charge in [-0.25, -0.2) is 0 Å². The van der Waals surface area contributed by atoms with Crippen molar-refractivity contribution in [2.75, 3.05) is 0 Å². The molecule has 0 bridgehead atoms. The average Bonchev–Trinajstić information content (AvgIpc) is 2.47. The van der Waals surface area contributed by atoms with Crippen LogP contribution in [-0.2, 0) is 6.42 Å². The fourth-order valence-electron chi connectivity index (χ4n) is 2.07. The van der Waals surface area contributed by atoms with Crippen molar-refractivity contribution in [3.8, 4) is 0 Å². The first kappa shape index (κ1) is 14.9. The van der Waals surface area contributed by atoms with E-state index in [1.165, 1.54) is 16.7 Å². The predicted octanol–water partition coefficient (Wildman–Crippen LogP) is 4.48. The Hall–Kier alpha value is -2.48. The fraction of sp³-hybridized carbons (Fsp3) is 0.158. The highest BCUT2D eigenvalue weighted by Gasteiger charge is 1.94. The maximum absolute atomic E-state index is 4.11. The Balaban J connectivity index is 2.01. The summed E-state index contributed by atoms with van der Waals surface area (Å²) in [7, 11) is 0. The summed E-state index contributed by atoms with van der Waals surface area (Å²) in [6, 6.07) is 14.5. The standard InChI is InChI=1S/C19H20N2/c1-4-5-17-7-9-18(10-8-17)13-20-21-14-19-11-6-15(2)12-16(19)3/h4,6-14H,1,5H2,2-3H3. The van der Waals surface area contributed by atoms with Gasteiger partial charge in [-0.05, 0) is 42.5 Å². The molecule has 2 heteroatoms. The van der Waals surface area contributed by atoms with Crippen molar-refractivity contribution in [1.82, 2.24) is 0 Å². The smallest absolute Gasteiger partial charge is 0.0570 e. The lowest BCUT2D eigenvalue weighted by molar-refractivity contribution is 1.25. The molecule has 0 amide bonds. The number of hydrogen-bond donors (Lipinski definition) is 0. The predicted molar refractivity (Wildman–Crippen MR) is 91.4 cm³/mol. The summed E-state index contributed by atoms with van der Waals surface area (Å²) >= 11 is 0. The van der Waals surface area contributed by atoms with E-state index in [0.29, 0.717) is 0 Å². The highest BCUT2D eigenvalue weighted by molar-refractivity contribution is 5.83. The number of rotatable bonds is 5. The molecule has 2 nitrogen and oxygen atoms in total. The number of nitrogens with zero attached hydrogens (tertiary/aromatic N) is 2. The molecule has 0 aliphatic carbocycles. The van der Waals surface area contributed by atoms with Crippen LogP contribution in [0.4, 0.5) is 0 Å². The summed E-state index contributed by atoms with van der Waals surface area (Å²) in [4.78, 5) is 0. The first-order chi connectivity index (χ1) is 10.2. The van der Waals surface area contributed by atoms with Crippen molar-refractivity contribution in [1.29, 1.82) is 0 Å². The van der Waals surface area contributed by atoms with E-state index in [1.54, 1.807) is 12.4 Å². The van der Waals surface area contributed by atoms with E-state index in [-0.39, 0.29) is 0 Å². The zero-order chi connectivity index (χ0) is 15.1. The van der Waals surface area contributed by atoms with E-state index >= 15 is 0 Å². The van der Waals surface area contributed by atoms with Crippen molar-refractivity contribution in [2.45, 2.75) is 20.3 Å². The van der Waals surface area contributed by atoms with Crippen LogP contribution in [0.3, 0.4) is 0 Å². The largest absolute Gasteiger partial charge is 0.159 e. The van der Waals surface area contributed by atoms with Gasteiger partial charge in [0.25, 0.3) is 0 Å². The lowest BCUT2D eigenvalue weighted by Gasteiger charge is -1.99. The van der Waals surface area contributed by atoms with E-state index < -0.39 is 0 Å². The molecule has 0 radical (unpaired) electrons. The van der Waals surface area contributed by atoms with Gasteiger partial charge in [-0.3, -0.25) is 0 Å². The molecule has 2 rings (SSSR count). The van der Waals surface area contributed by atoms with Crippen molar-refractivity contribution in [2.24, 2.45) is 10.2 Å². The van der Waals surface area contributed by atoms with Crippen LogP contribution >= 0.6 is 0 Å². The van der Waals surface area contributed by atoms with Gasteiger partial charge in [-0.2, -0.15) is 10.2 Å². The number of allylic oxidation sites excluding steroid dienone is 1. The molecule has 21 heavy (non-hydrogen) atoms. The van der Waals surface area contributed by atoms with E-state index in [0.717, 1.165) is 17.5 Å². The number of aryl methyl sites for hydroxylation is 2. The van der Waals surface area contributed by atoms with Crippen molar-refractivity contribution in [3.63, 3.8) is 0 Å². The second-order valence-electron chi connectivity index (χ2n) is 5.08. The van der Waals surface area contributed by atoms with Gasteiger partial charge in [-0.15, -0.1) is 6.58 Å². The van der Waals surface area contributed by atoms with Crippen LogP contribution in [0, 0.1) is 13.8 Å². The Morgan fingerprint density at radius 3 is 2.33 bits per heavy atom. The molecule has 0 N–H and O–H groups in total. The summed E-state index contributed by atoms with van der Waals surface area (Å²) in [5.74, 6) is 0. The first-order valence-corrected chi connectivity index (χ1v) is 7.02. The molecule has 0 saturated carbocycles. The Bertz CT molecular complexity index is 664. The van der Waals surface area contributed by atoms with Crippen LogP contribution < -0.4 is 0 Å². The molecule has 0 atom stereocenters. The Labute approximate surface area is 126 Å². The van der Waals surface area contributed by atoms with E-state index in [2.05, 4.69) is 61.0 Å². The molecule has 2 aromatic carbocycles. The molecule has 2 aromatic rings. The molecule has 0 saturated heterocycles. The molecule has 106 valence electrons. The summed E-state index contributed by atoms with van der Waals surface area (Å²) in [5, 5.41) is 8.21. The summed E-state index contributed by atoms with van der Waals surface area (Å²) in [6.45, 7) is 7.90. The van der Waals surface area contributed by atoms with Crippen molar-refractivity contribution >= 4 is 12.4 Å². The minimum Gasteiger partial charge on any atom is -0.159 e. The van der Waals surface area contributed by atoms with E-state index in [9.17, 15) is 0 Å². The number of benzene rings is 2. The Morgan fingerprint density at radius 1 is 0.952 bits per heavy atom. The molecule has 0 fully saturated rings. The van der Waals surface area contributed by atoms with Gasteiger partial charge in [-0.1, -0.05) is 54.1 Å². The van der Waals surface area contributed by atoms with Gasteiger partial charge in [0, 0.05) is 0 Å². The zero-order valence-electron chi connectivity index (χ0n) is 12.6. The van der Waals surface area contributed by atoms with Crippen LogP contribution in [0.15, 0.2) is 65.3 Å². The van der Waals surface area contributed by atoms with Crippen LogP contribution in [0.1, 0.15) is 27.8 Å². The van der Waals surface area contributed by atoms with Gasteiger partial charge in [0.1, 0.15) is 0 Å². The van der Waals surface area contributed by atoms with Crippen molar-refractivity contribution in [3.05, 3.63) is 82.9 Å². The van der Waals surface area contributed by atoms with Crippen LogP contribution in [-0.4, -0.2) is 12.4 Å². The summed E-state index contributed by atoms with van der Waals surface area (Å²) in [5.41, 5.74) is 5.86. The van der Waals surface area contributed by atoms with Gasteiger partial charge in [0.15, 0.2) is 0 Å². The normalized spacial score (nSPS) is 11.3. The SMILES string of the molecule is C=CCc1ccc(C=NN=Cc2ccc(C)cc2C)cc1. The minimum atomic E-state index is 0.891. The van der Waals surface area contributed by atoms with Gasteiger partial charge >= 0.3 is 0 Å². The van der Waals surface area contributed by atoms with E-state index in [1.807, 2.05) is 18.2 Å². The molecule has 0 heterocycles. The quantitative estimate of drug-likeness (QED) is 0.437.